The Morgan fingerprint density at radius 3 is 1.22 bits per heavy atom. The number of nitrogens with zero attached hydrogens (tertiary/aromatic N) is 1. The van der Waals surface area contributed by atoms with Crippen molar-refractivity contribution in [1.82, 2.24) is 4.90 Å². The van der Waals surface area contributed by atoms with Crippen LogP contribution in [0.15, 0.2) is 0 Å². The van der Waals surface area contributed by atoms with Gasteiger partial charge in [-0.1, -0.05) is 27.7 Å². The lowest BCUT2D eigenvalue weighted by atomic mass is 9.78. The molecule has 164 valence electrons. The number of ether oxygens (including phenoxy) is 2. The lowest BCUT2D eigenvalue weighted by Gasteiger charge is -2.58. The van der Waals surface area contributed by atoms with Gasteiger partial charge in [0.15, 0.2) is 0 Å². The van der Waals surface area contributed by atoms with Crippen molar-refractivity contribution in [3.05, 3.63) is 0 Å². The molecule has 3 nitrogen and oxygen atoms in total. The Hall–Kier alpha value is -0.120. The molecule has 0 bridgehead atoms. The highest BCUT2D eigenvalue weighted by molar-refractivity contribution is 5.02. The monoisotopic (exact) mass is 385 g/mol. The molecule has 0 spiro atoms. The smallest absolute Gasteiger partial charge is 0.0544 e. The van der Waals surface area contributed by atoms with Gasteiger partial charge in [0.05, 0.1) is 12.2 Å². The second-order valence-corrected chi connectivity index (χ2v) is 9.89. The van der Waals surface area contributed by atoms with Gasteiger partial charge in [-0.3, -0.25) is 4.90 Å². The largest absolute Gasteiger partial charge is 0.378 e. The lowest BCUT2D eigenvalue weighted by molar-refractivity contribution is -0.104. The van der Waals surface area contributed by atoms with Crippen molar-refractivity contribution in [3.8, 4) is 0 Å². The first kappa shape index (κ1) is 26.9. The van der Waals surface area contributed by atoms with E-state index < -0.39 is 0 Å². The van der Waals surface area contributed by atoms with Crippen LogP contribution in [0.3, 0.4) is 0 Å². The van der Waals surface area contributed by atoms with Crippen LogP contribution in [0.2, 0.25) is 0 Å². The fraction of sp³-hybridized carbons (Fsp3) is 1.00. The quantitative estimate of drug-likeness (QED) is 0.327. The van der Waals surface area contributed by atoms with Gasteiger partial charge < -0.3 is 9.47 Å². The first-order valence-electron chi connectivity index (χ1n) is 11.4. The van der Waals surface area contributed by atoms with Gasteiger partial charge in [-0.05, 0) is 87.0 Å². The van der Waals surface area contributed by atoms with Crippen LogP contribution in [0.5, 0.6) is 0 Å². The molecule has 0 aliphatic carbocycles. The second-order valence-electron chi connectivity index (χ2n) is 9.89. The SMILES string of the molecule is CCC(C)OCCC(C)(CC)N(C(C)(C)C)C(C)(CC)CCOC(C)CC. The van der Waals surface area contributed by atoms with Crippen LogP contribution in [-0.4, -0.2) is 46.9 Å². The zero-order valence-electron chi connectivity index (χ0n) is 20.6. The van der Waals surface area contributed by atoms with Gasteiger partial charge >= 0.3 is 0 Å². The molecular weight excluding hydrogens is 334 g/mol. The van der Waals surface area contributed by atoms with Crippen molar-refractivity contribution in [1.29, 1.82) is 0 Å². The second kappa shape index (κ2) is 11.8. The predicted octanol–water partition coefficient (Wildman–Crippen LogP) is 6.83. The molecule has 0 amide bonds. The van der Waals surface area contributed by atoms with Gasteiger partial charge in [0, 0.05) is 29.8 Å². The average molecular weight is 386 g/mol. The summed E-state index contributed by atoms with van der Waals surface area (Å²) in [5.74, 6) is 0. The lowest BCUT2D eigenvalue weighted by Crippen LogP contribution is -2.65. The summed E-state index contributed by atoms with van der Waals surface area (Å²) >= 11 is 0. The molecule has 0 aromatic heterocycles. The third-order valence-corrected chi connectivity index (χ3v) is 6.51. The van der Waals surface area contributed by atoms with Gasteiger partial charge in [0.25, 0.3) is 0 Å². The minimum atomic E-state index is 0.0856. The fourth-order valence-electron chi connectivity index (χ4n) is 4.36. The minimum absolute atomic E-state index is 0.0856. The van der Waals surface area contributed by atoms with Crippen molar-refractivity contribution in [3.63, 3.8) is 0 Å². The minimum Gasteiger partial charge on any atom is -0.378 e. The maximum Gasteiger partial charge on any atom is 0.0544 e. The first-order chi connectivity index (χ1) is 12.4. The van der Waals surface area contributed by atoms with Crippen LogP contribution in [0, 0.1) is 0 Å². The summed E-state index contributed by atoms with van der Waals surface area (Å²) in [7, 11) is 0. The predicted molar refractivity (Wildman–Crippen MR) is 120 cm³/mol. The topological polar surface area (TPSA) is 21.7 Å². The van der Waals surface area contributed by atoms with Crippen LogP contribution < -0.4 is 0 Å². The molecule has 0 aliphatic rings. The van der Waals surface area contributed by atoms with E-state index in [-0.39, 0.29) is 16.6 Å². The summed E-state index contributed by atoms with van der Waals surface area (Å²) in [6.45, 7) is 27.0. The Kier molecular flexibility index (Phi) is 11.7. The highest BCUT2D eigenvalue weighted by atomic mass is 16.5. The number of hydrogen-bond donors (Lipinski definition) is 0. The fourth-order valence-corrected chi connectivity index (χ4v) is 4.36. The summed E-state index contributed by atoms with van der Waals surface area (Å²) in [6.07, 6.45) is 7.20. The zero-order chi connectivity index (χ0) is 21.3. The van der Waals surface area contributed by atoms with Gasteiger partial charge in [-0.2, -0.15) is 0 Å². The molecule has 0 aliphatic heterocycles. The molecule has 0 aromatic rings. The van der Waals surface area contributed by atoms with E-state index in [1.54, 1.807) is 0 Å². The average Bonchev–Trinajstić information content (AvgIpc) is 2.59. The third-order valence-electron chi connectivity index (χ3n) is 6.51. The first-order valence-corrected chi connectivity index (χ1v) is 11.4. The Morgan fingerprint density at radius 1 is 0.667 bits per heavy atom. The maximum absolute atomic E-state index is 6.07. The number of hydrogen-bond acceptors (Lipinski definition) is 3. The molecule has 0 saturated heterocycles. The molecule has 0 N–H and O–H groups in total. The zero-order valence-corrected chi connectivity index (χ0v) is 20.6. The Bertz CT molecular complexity index is 362. The molecule has 27 heavy (non-hydrogen) atoms. The molecule has 0 fully saturated rings. The van der Waals surface area contributed by atoms with Crippen LogP contribution in [-0.2, 0) is 9.47 Å². The summed E-state index contributed by atoms with van der Waals surface area (Å²) < 4.78 is 12.1. The van der Waals surface area contributed by atoms with Gasteiger partial charge in [-0.25, -0.2) is 0 Å². The maximum atomic E-state index is 6.07. The van der Waals surface area contributed by atoms with E-state index in [1.807, 2.05) is 0 Å². The van der Waals surface area contributed by atoms with Crippen molar-refractivity contribution in [2.45, 2.75) is 144 Å². The molecule has 3 heteroatoms. The van der Waals surface area contributed by atoms with Crippen molar-refractivity contribution in [2.75, 3.05) is 13.2 Å². The molecule has 4 atom stereocenters. The Balaban J connectivity index is 5.48. The molecule has 0 rings (SSSR count). The summed E-state index contributed by atoms with van der Waals surface area (Å²) in [6, 6.07) is 0. The number of rotatable bonds is 14. The van der Waals surface area contributed by atoms with Crippen molar-refractivity contribution in [2.24, 2.45) is 0 Å². The van der Waals surface area contributed by atoms with E-state index in [0.717, 1.165) is 51.7 Å². The highest BCUT2D eigenvalue weighted by Gasteiger charge is 2.46. The Labute approximate surface area is 171 Å². The molecule has 0 heterocycles. The highest BCUT2D eigenvalue weighted by Crippen LogP contribution is 2.41. The van der Waals surface area contributed by atoms with E-state index >= 15 is 0 Å². The van der Waals surface area contributed by atoms with Crippen LogP contribution in [0.1, 0.15) is 115 Å². The molecule has 4 unspecified atom stereocenters. The van der Waals surface area contributed by atoms with E-state index in [0.29, 0.717) is 12.2 Å². The molecule has 0 radical (unpaired) electrons. The summed E-state index contributed by atoms with van der Waals surface area (Å²) in [5, 5.41) is 0. The van der Waals surface area contributed by atoms with Crippen LogP contribution >= 0.6 is 0 Å². The van der Waals surface area contributed by atoms with E-state index in [2.05, 4.69) is 81.1 Å². The van der Waals surface area contributed by atoms with Gasteiger partial charge in [0.1, 0.15) is 0 Å². The van der Waals surface area contributed by atoms with E-state index in [4.69, 9.17) is 9.47 Å². The molecule has 0 saturated carbocycles. The van der Waals surface area contributed by atoms with E-state index in [9.17, 15) is 0 Å². The van der Waals surface area contributed by atoms with Crippen LogP contribution in [0.25, 0.3) is 0 Å². The van der Waals surface area contributed by atoms with E-state index in [1.165, 1.54) is 0 Å². The van der Waals surface area contributed by atoms with Gasteiger partial charge in [-0.15, -0.1) is 0 Å². The third kappa shape index (κ3) is 8.41. The Morgan fingerprint density at radius 2 is 1.00 bits per heavy atom. The van der Waals surface area contributed by atoms with Crippen molar-refractivity contribution < 1.29 is 9.47 Å². The summed E-state index contributed by atoms with van der Waals surface area (Å²) in [4.78, 5) is 2.78. The normalized spacial score (nSPS) is 19.6. The standard InChI is InChI=1S/C24H51NO2/c1-12-20(5)26-18-16-23(10,14-3)25(22(7,8)9)24(11,15-4)17-19-27-21(6)13-2/h20-21H,12-19H2,1-11H3. The summed E-state index contributed by atoms with van der Waals surface area (Å²) in [5.41, 5.74) is 0.294. The molecular formula is C24H51NO2. The molecule has 0 aromatic carbocycles. The van der Waals surface area contributed by atoms with Gasteiger partial charge in [0.2, 0.25) is 0 Å². The van der Waals surface area contributed by atoms with Crippen molar-refractivity contribution >= 4 is 0 Å². The van der Waals surface area contributed by atoms with Crippen LogP contribution in [0.4, 0.5) is 0 Å².